The predicted molar refractivity (Wildman–Crippen MR) is 119 cm³/mol. The van der Waals surface area contributed by atoms with E-state index in [1.54, 1.807) is 30.1 Å². The second kappa shape index (κ2) is 6.84. The number of sulfonamides is 1. The number of hydrogen-bond donors (Lipinski definition) is 2. The van der Waals surface area contributed by atoms with Gasteiger partial charge in [0.05, 0.1) is 16.1 Å². The topological polar surface area (TPSA) is 90.8 Å². The molecule has 4 rings (SSSR count). The highest BCUT2D eigenvalue weighted by molar-refractivity contribution is 8.08. The minimum Gasteiger partial charge on any atom is -0.367 e. The van der Waals surface area contributed by atoms with Crippen molar-refractivity contribution in [3.05, 3.63) is 17.7 Å². The highest BCUT2D eigenvalue weighted by atomic mass is 32.2. The van der Waals surface area contributed by atoms with E-state index in [9.17, 15) is 8.42 Å². The molecule has 0 amide bonds. The van der Waals surface area contributed by atoms with E-state index >= 15 is 0 Å². The molecule has 1 saturated heterocycles. The van der Waals surface area contributed by atoms with E-state index in [-0.39, 0.29) is 21.2 Å². The molecule has 1 aromatic carbocycles. The molecule has 0 radical (unpaired) electrons. The summed E-state index contributed by atoms with van der Waals surface area (Å²) in [6, 6.07) is 3.22. The Morgan fingerprint density at radius 1 is 1.52 bits per heavy atom. The molecule has 154 valence electrons. The zero-order valence-corrected chi connectivity index (χ0v) is 18.3. The van der Waals surface area contributed by atoms with Crippen molar-refractivity contribution in [2.75, 3.05) is 23.7 Å². The lowest BCUT2D eigenvalue weighted by molar-refractivity contribution is -0.431. The second-order valence-electron chi connectivity index (χ2n) is 8.47. The van der Waals surface area contributed by atoms with Gasteiger partial charge in [0, 0.05) is 36.5 Å². The first-order valence-electron chi connectivity index (χ1n) is 9.55. The van der Waals surface area contributed by atoms with Crippen LogP contribution in [-0.4, -0.2) is 61.2 Å². The van der Waals surface area contributed by atoms with Crippen LogP contribution in [0, 0.1) is 12.3 Å². The second-order valence-corrected chi connectivity index (χ2v) is 11.5. The number of fused-ring (bicyclic) bond motifs is 1. The van der Waals surface area contributed by atoms with E-state index in [1.807, 2.05) is 13.8 Å². The number of hydrogen-bond acceptors (Lipinski definition) is 6. The standard InChI is InChI=1S/C20H26N5O2S2/c1-5-20(13-28-20)12-25(11-14(2)21)18-9-15(8-17-16(18)10-22-24(17)4)29(26,27)23-19(3)6-7-19/h1,8-10,14,23H,4,6-7,11-13,21H2,2-3H3/q+1/t14-,20-/m0/s1. The van der Waals surface area contributed by atoms with Crippen LogP contribution in [0.3, 0.4) is 0 Å². The van der Waals surface area contributed by atoms with Gasteiger partial charge in [-0.1, -0.05) is 10.6 Å². The van der Waals surface area contributed by atoms with Crippen LogP contribution in [0.4, 0.5) is 11.4 Å². The first-order chi connectivity index (χ1) is 13.6. The number of thioether (sulfide) groups is 1. The Labute approximate surface area is 176 Å². The third-order valence-corrected chi connectivity index (χ3v) is 8.31. The summed E-state index contributed by atoms with van der Waals surface area (Å²) in [5.74, 6) is 3.76. The van der Waals surface area contributed by atoms with Crippen LogP contribution in [0.25, 0.3) is 0 Å². The number of nitrogens with one attached hydrogen (secondary N) is 1. The van der Waals surface area contributed by atoms with Crippen LogP contribution < -0.4 is 15.4 Å². The van der Waals surface area contributed by atoms with Crippen molar-refractivity contribution >= 4 is 46.1 Å². The SMILES string of the molecule is C#C[C@]1(CN(C[C@H](C)N)c2cc(S(=O)(=O)NC3(C)CC3)cc3c2C=N[N+]3=C)CS1. The molecule has 0 spiro atoms. The van der Waals surface area contributed by atoms with Gasteiger partial charge in [0.1, 0.15) is 11.0 Å². The molecule has 29 heavy (non-hydrogen) atoms. The molecule has 1 aliphatic carbocycles. The minimum atomic E-state index is -3.68. The molecular formula is C20H26N5O2S2+. The first-order valence-corrected chi connectivity index (χ1v) is 12.0. The Morgan fingerprint density at radius 3 is 2.76 bits per heavy atom. The van der Waals surface area contributed by atoms with Gasteiger partial charge in [0.25, 0.3) is 0 Å². The van der Waals surface area contributed by atoms with Crippen LogP contribution in [0.5, 0.6) is 0 Å². The Bertz CT molecular complexity index is 1050. The van der Waals surface area contributed by atoms with Gasteiger partial charge in [-0.3, -0.25) is 0 Å². The van der Waals surface area contributed by atoms with E-state index in [2.05, 4.69) is 27.4 Å². The molecule has 3 aliphatic rings. The van der Waals surface area contributed by atoms with Crippen LogP contribution >= 0.6 is 11.8 Å². The maximum atomic E-state index is 13.1. The molecule has 2 aliphatic heterocycles. The van der Waals surface area contributed by atoms with Crippen LogP contribution in [0.15, 0.2) is 22.1 Å². The summed E-state index contributed by atoms with van der Waals surface area (Å²) in [4.78, 5) is 2.29. The number of rotatable bonds is 8. The van der Waals surface area contributed by atoms with Gasteiger partial charge in [-0.25, -0.2) is 13.1 Å². The van der Waals surface area contributed by atoms with Gasteiger partial charge >= 0.3 is 0 Å². The van der Waals surface area contributed by atoms with E-state index in [4.69, 9.17) is 12.2 Å². The molecule has 2 heterocycles. The molecule has 2 fully saturated rings. The average molecular weight is 433 g/mol. The first kappa shape index (κ1) is 20.4. The Hall–Kier alpha value is -1.86. The number of anilines is 1. The van der Waals surface area contributed by atoms with Crippen molar-refractivity contribution in [1.29, 1.82) is 0 Å². The van der Waals surface area contributed by atoms with E-state index < -0.39 is 10.0 Å². The number of nitrogens with zero attached hydrogens (tertiary/aromatic N) is 3. The van der Waals surface area contributed by atoms with Crippen molar-refractivity contribution in [2.45, 2.75) is 47.9 Å². The Balaban J connectivity index is 1.79. The molecule has 1 aromatic rings. The lowest BCUT2D eigenvalue weighted by Crippen LogP contribution is -2.41. The Morgan fingerprint density at radius 2 is 2.21 bits per heavy atom. The molecule has 1 saturated carbocycles. The van der Waals surface area contributed by atoms with Crippen molar-refractivity contribution in [3.63, 3.8) is 0 Å². The molecule has 2 atom stereocenters. The van der Waals surface area contributed by atoms with Crippen molar-refractivity contribution < 1.29 is 13.1 Å². The summed E-state index contributed by atoms with van der Waals surface area (Å²) in [6.45, 7) is 8.88. The van der Waals surface area contributed by atoms with Crippen LogP contribution in [0.1, 0.15) is 32.3 Å². The summed E-state index contributed by atoms with van der Waals surface area (Å²) >= 11 is 1.72. The average Bonchev–Trinajstić information content (AvgIpc) is 3.54. The molecule has 9 heteroatoms. The monoisotopic (exact) mass is 432 g/mol. The third kappa shape index (κ3) is 4.08. The zero-order valence-electron chi connectivity index (χ0n) is 16.7. The van der Waals surface area contributed by atoms with Gasteiger partial charge in [-0.05, 0) is 37.9 Å². The highest BCUT2D eigenvalue weighted by Crippen LogP contribution is 2.46. The number of hydrazone groups is 1. The third-order valence-electron chi connectivity index (χ3n) is 5.46. The van der Waals surface area contributed by atoms with Crippen LogP contribution in [0.2, 0.25) is 0 Å². The molecule has 0 unspecified atom stereocenters. The maximum absolute atomic E-state index is 13.1. The van der Waals surface area contributed by atoms with Crippen LogP contribution in [-0.2, 0) is 10.0 Å². The quantitative estimate of drug-likeness (QED) is 0.369. The van der Waals surface area contributed by atoms with E-state index in [0.717, 1.165) is 29.8 Å². The number of terminal acetylenes is 1. The Kier molecular flexibility index (Phi) is 4.82. The molecule has 3 N–H and O–H groups in total. The fourth-order valence-corrected chi connectivity index (χ4v) is 5.62. The van der Waals surface area contributed by atoms with Gasteiger partial charge in [0.2, 0.25) is 15.7 Å². The fraction of sp³-hybridized carbons (Fsp3) is 0.500. The summed E-state index contributed by atoms with van der Waals surface area (Å²) in [5, 5.41) is 4.25. The van der Waals surface area contributed by atoms with Crippen molar-refractivity contribution in [2.24, 2.45) is 10.8 Å². The molecule has 0 bridgehead atoms. The smallest absolute Gasteiger partial charge is 0.249 e. The minimum absolute atomic E-state index is 0.109. The summed E-state index contributed by atoms with van der Waals surface area (Å²) in [7, 11) is -3.68. The lowest BCUT2D eigenvalue weighted by atomic mass is 10.1. The number of nitrogens with two attached hydrogens (primary N) is 1. The predicted octanol–water partition coefficient (Wildman–Crippen LogP) is 1.48. The number of benzene rings is 1. The van der Waals surface area contributed by atoms with E-state index in [0.29, 0.717) is 18.8 Å². The zero-order chi connectivity index (χ0) is 21.0. The summed E-state index contributed by atoms with van der Waals surface area (Å²) in [6.07, 6.45) is 9.15. The normalized spacial score (nSPS) is 24.7. The van der Waals surface area contributed by atoms with Crippen molar-refractivity contribution in [1.82, 2.24) is 4.72 Å². The van der Waals surface area contributed by atoms with Gasteiger partial charge in [-0.2, -0.15) is 0 Å². The van der Waals surface area contributed by atoms with E-state index in [1.165, 1.54) is 4.68 Å². The maximum Gasteiger partial charge on any atom is 0.249 e. The molecular weight excluding hydrogens is 406 g/mol. The summed E-state index contributed by atoms with van der Waals surface area (Å²) < 4.78 is 30.2. The lowest BCUT2D eigenvalue weighted by Gasteiger charge is -2.29. The highest BCUT2D eigenvalue weighted by Gasteiger charge is 2.45. The van der Waals surface area contributed by atoms with Crippen molar-refractivity contribution in [3.8, 4) is 12.3 Å². The fourth-order valence-electron chi connectivity index (χ4n) is 3.43. The molecule has 0 aromatic heterocycles. The van der Waals surface area contributed by atoms with Gasteiger partial charge < -0.3 is 10.6 Å². The van der Waals surface area contributed by atoms with Gasteiger partial charge in [-0.15, -0.1) is 18.2 Å². The summed E-state index contributed by atoms with van der Waals surface area (Å²) in [5.41, 5.74) is 7.99. The molecule has 7 nitrogen and oxygen atoms in total. The van der Waals surface area contributed by atoms with Gasteiger partial charge in [0.15, 0.2) is 6.72 Å². The largest absolute Gasteiger partial charge is 0.367 e.